The summed E-state index contributed by atoms with van der Waals surface area (Å²) in [5.41, 5.74) is 2.94. The molecule has 0 saturated heterocycles. The number of carbonyl (C=O) groups is 1. The molecule has 0 bridgehead atoms. The minimum Gasteiger partial charge on any atom is -0.495 e. The number of methoxy groups -OCH3 is 1. The molecule has 7 heteroatoms. The maximum Gasteiger partial charge on any atom is 0.259 e. The molecule has 0 aliphatic heterocycles. The van der Waals surface area contributed by atoms with Gasteiger partial charge < -0.3 is 14.5 Å². The first-order valence-corrected chi connectivity index (χ1v) is 10.9. The Hall–Kier alpha value is -3.35. The minimum atomic E-state index is -0.289. The number of amides is 1. The van der Waals surface area contributed by atoms with Crippen LogP contribution in [0, 0.1) is 0 Å². The molecule has 1 aromatic heterocycles. The zero-order valence-corrected chi connectivity index (χ0v) is 19.2. The molecule has 0 aliphatic rings. The fourth-order valence-electron chi connectivity index (χ4n) is 3.61. The molecular weight excluding hydrogens is 492 g/mol. The number of carbonyl (C=O) groups excluding carboxylic acids is 1. The Morgan fingerprint density at radius 2 is 1.84 bits per heavy atom. The number of benzene rings is 4. The summed E-state index contributed by atoms with van der Waals surface area (Å²) in [6, 6.07) is 22.3. The second-order valence-electron chi connectivity index (χ2n) is 7.13. The first-order valence-electron chi connectivity index (χ1n) is 9.77. The van der Waals surface area contributed by atoms with Crippen molar-refractivity contribution in [3.05, 3.63) is 87.9 Å². The molecule has 32 heavy (non-hydrogen) atoms. The molecule has 0 aliphatic carbocycles. The summed E-state index contributed by atoms with van der Waals surface area (Å²) < 4.78 is 12.1. The van der Waals surface area contributed by atoms with Crippen LogP contribution in [-0.4, -0.2) is 18.0 Å². The number of nitrogens with zero attached hydrogens (tertiary/aromatic N) is 1. The number of hydrogen-bond donors (Lipinski definition) is 1. The summed E-state index contributed by atoms with van der Waals surface area (Å²) in [6.07, 6.45) is 0. The molecule has 0 atom stereocenters. The molecule has 0 unspecified atom stereocenters. The third kappa shape index (κ3) is 3.61. The predicted molar refractivity (Wildman–Crippen MR) is 131 cm³/mol. The Labute approximate surface area is 197 Å². The van der Waals surface area contributed by atoms with Gasteiger partial charge in [0.05, 0.1) is 27.7 Å². The van der Waals surface area contributed by atoms with E-state index in [9.17, 15) is 4.79 Å². The highest BCUT2D eigenvalue weighted by Crippen LogP contribution is 2.37. The number of halogens is 2. The monoisotopic (exact) mass is 506 g/mol. The van der Waals surface area contributed by atoms with Crippen LogP contribution in [0.3, 0.4) is 0 Å². The van der Waals surface area contributed by atoms with E-state index in [1.807, 2.05) is 48.5 Å². The zero-order chi connectivity index (χ0) is 22.2. The van der Waals surface area contributed by atoms with Crippen molar-refractivity contribution in [3.63, 3.8) is 0 Å². The van der Waals surface area contributed by atoms with E-state index in [1.54, 1.807) is 31.4 Å². The van der Waals surface area contributed by atoms with Gasteiger partial charge in [-0.05, 0) is 63.1 Å². The third-order valence-electron chi connectivity index (χ3n) is 5.14. The van der Waals surface area contributed by atoms with Crippen molar-refractivity contribution in [2.24, 2.45) is 0 Å². The van der Waals surface area contributed by atoms with Crippen LogP contribution in [0.4, 0.5) is 5.69 Å². The number of oxazole rings is 1. The molecule has 0 radical (unpaired) electrons. The molecule has 5 aromatic rings. The number of aromatic nitrogens is 1. The molecule has 4 aromatic carbocycles. The predicted octanol–water partition coefficient (Wildman–Crippen LogP) is 7.32. The number of anilines is 1. The lowest BCUT2D eigenvalue weighted by Crippen LogP contribution is -2.13. The van der Waals surface area contributed by atoms with Crippen LogP contribution in [-0.2, 0) is 0 Å². The van der Waals surface area contributed by atoms with Gasteiger partial charge in [-0.2, -0.15) is 0 Å². The maximum absolute atomic E-state index is 13.1. The van der Waals surface area contributed by atoms with Gasteiger partial charge in [-0.15, -0.1) is 0 Å². The van der Waals surface area contributed by atoms with Crippen LogP contribution < -0.4 is 10.1 Å². The topological polar surface area (TPSA) is 64.4 Å². The van der Waals surface area contributed by atoms with E-state index in [4.69, 9.17) is 20.8 Å². The van der Waals surface area contributed by atoms with E-state index in [0.29, 0.717) is 44.6 Å². The van der Waals surface area contributed by atoms with Crippen LogP contribution in [0.25, 0.3) is 33.3 Å². The number of fused-ring (bicyclic) bond motifs is 2. The van der Waals surface area contributed by atoms with Gasteiger partial charge in [-0.25, -0.2) is 4.98 Å². The standard InChI is InChI=1S/C25H16BrClN2O3/c1-31-23-18(12-14-6-2-3-7-16(14)22(23)26)24(30)28-15-10-11-21-20(13-15)29-25(32-21)17-8-4-5-9-19(17)27/h2-13H,1H3,(H,28,30). The van der Waals surface area contributed by atoms with Crippen molar-refractivity contribution < 1.29 is 13.9 Å². The molecule has 1 N–H and O–H groups in total. The van der Waals surface area contributed by atoms with Crippen molar-refractivity contribution in [3.8, 4) is 17.2 Å². The number of ether oxygens (including phenoxy) is 1. The van der Waals surface area contributed by atoms with Gasteiger partial charge in [0.2, 0.25) is 5.89 Å². The largest absolute Gasteiger partial charge is 0.495 e. The second kappa shape index (κ2) is 8.30. The van der Waals surface area contributed by atoms with E-state index in [0.717, 1.165) is 15.2 Å². The average Bonchev–Trinajstić information content (AvgIpc) is 3.22. The van der Waals surface area contributed by atoms with Crippen LogP contribution >= 0.6 is 27.5 Å². The normalized spacial score (nSPS) is 11.1. The SMILES string of the molecule is COc1c(C(=O)Nc2ccc3oc(-c4ccccc4Cl)nc3c2)cc2ccccc2c1Br. The number of nitrogens with one attached hydrogen (secondary N) is 1. The van der Waals surface area contributed by atoms with Crippen molar-refractivity contribution in [2.45, 2.75) is 0 Å². The highest BCUT2D eigenvalue weighted by atomic mass is 79.9. The molecule has 158 valence electrons. The van der Waals surface area contributed by atoms with Crippen molar-refractivity contribution in [1.82, 2.24) is 4.98 Å². The van der Waals surface area contributed by atoms with Gasteiger partial charge in [0.1, 0.15) is 11.3 Å². The number of hydrogen-bond acceptors (Lipinski definition) is 4. The van der Waals surface area contributed by atoms with Gasteiger partial charge in [0, 0.05) is 5.69 Å². The second-order valence-corrected chi connectivity index (χ2v) is 8.33. The molecule has 0 spiro atoms. The lowest BCUT2D eigenvalue weighted by atomic mass is 10.1. The van der Waals surface area contributed by atoms with Gasteiger partial charge in [0.25, 0.3) is 5.91 Å². The summed E-state index contributed by atoms with van der Waals surface area (Å²) in [6.45, 7) is 0. The first kappa shape index (κ1) is 20.5. The molecule has 5 nitrogen and oxygen atoms in total. The minimum absolute atomic E-state index is 0.289. The lowest BCUT2D eigenvalue weighted by Gasteiger charge is -2.13. The van der Waals surface area contributed by atoms with Gasteiger partial charge >= 0.3 is 0 Å². The Morgan fingerprint density at radius 1 is 1.06 bits per heavy atom. The smallest absolute Gasteiger partial charge is 0.259 e. The van der Waals surface area contributed by atoms with Gasteiger partial charge in [-0.3, -0.25) is 4.79 Å². The van der Waals surface area contributed by atoms with Gasteiger partial charge in [-0.1, -0.05) is 48.0 Å². The summed E-state index contributed by atoms with van der Waals surface area (Å²) in [5, 5.41) is 5.39. The molecule has 0 fully saturated rings. The fraction of sp³-hybridized carbons (Fsp3) is 0.0400. The first-order chi connectivity index (χ1) is 15.5. The van der Waals surface area contributed by atoms with Crippen LogP contribution in [0.5, 0.6) is 5.75 Å². The molecule has 1 amide bonds. The van der Waals surface area contributed by atoms with E-state index in [1.165, 1.54) is 0 Å². The van der Waals surface area contributed by atoms with Crippen molar-refractivity contribution in [2.75, 3.05) is 12.4 Å². The van der Waals surface area contributed by atoms with E-state index < -0.39 is 0 Å². The van der Waals surface area contributed by atoms with E-state index in [2.05, 4.69) is 26.2 Å². The van der Waals surface area contributed by atoms with E-state index >= 15 is 0 Å². The fourth-order valence-corrected chi connectivity index (χ4v) is 4.56. The van der Waals surface area contributed by atoms with Crippen molar-refractivity contribution >= 4 is 61.0 Å². The highest BCUT2D eigenvalue weighted by Gasteiger charge is 2.19. The Balaban J connectivity index is 1.49. The summed E-state index contributed by atoms with van der Waals surface area (Å²) in [4.78, 5) is 17.7. The number of rotatable bonds is 4. The molecular formula is C25H16BrClN2O3. The quantitative estimate of drug-likeness (QED) is 0.277. The summed E-state index contributed by atoms with van der Waals surface area (Å²) in [5.74, 6) is 0.612. The van der Waals surface area contributed by atoms with Crippen molar-refractivity contribution in [1.29, 1.82) is 0 Å². The summed E-state index contributed by atoms with van der Waals surface area (Å²) in [7, 11) is 1.54. The molecule has 0 saturated carbocycles. The van der Waals surface area contributed by atoms with Crippen LogP contribution in [0.1, 0.15) is 10.4 Å². The third-order valence-corrected chi connectivity index (χ3v) is 6.26. The van der Waals surface area contributed by atoms with Gasteiger partial charge in [0.15, 0.2) is 5.58 Å². The average molecular weight is 508 g/mol. The maximum atomic E-state index is 13.1. The molecule has 5 rings (SSSR count). The van der Waals surface area contributed by atoms with Crippen LogP contribution in [0.2, 0.25) is 5.02 Å². The summed E-state index contributed by atoms with van der Waals surface area (Å²) >= 11 is 9.84. The lowest BCUT2D eigenvalue weighted by molar-refractivity contribution is 0.102. The zero-order valence-electron chi connectivity index (χ0n) is 16.9. The Bertz CT molecular complexity index is 1500. The van der Waals surface area contributed by atoms with Crippen LogP contribution in [0.15, 0.2) is 81.7 Å². The Morgan fingerprint density at radius 3 is 2.66 bits per heavy atom. The molecule has 1 heterocycles. The van der Waals surface area contributed by atoms with E-state index in [-0.39, 0.29) is 5.91 Å². The Kier molecular flexibility index (Phi) is 5.33. The highest BCUT2D eigenvalue weighted by molar-refractivity contribution is 9.10.